The summed E-state index contributed by atoms with van der Waals surface area (Å²) in [6.45, 7) is 5.33. The van der Waals surface area contributed by atoms with E-state index in [1.165, 1.54) is 0 Å². The monoisotopic (exact) mass is 255 g/mol. The van der Waals surface area contributed by atoms with Crippen LogP contribution in [-0.4, -0.2) is 37.1 Å². The van der Waals surface area contributed by atoms with E-state index in [1.807, 2.05) is 25.5 Å². The number of fused-ring (bicyclic) bond motifs is 2. The van der Waals surface area contributed by atoms with Crippen molar-refractivity contribution in [1.82, 2.24) is 19.1 Å². The van der Waals surface area contributed by atoms with Crippen molar-refractivity contribution < 1.29 is 4.79 Å². The van der Waals surface area contributed by atoms with Crippen LogP contribution in [0.25, 0.3) is 0 Å². The lowest BCUT2D eigenvalue weighted by molar-refractivity contribution is 0.102. The highest BCUT2D eigenvalue weighted by Crippen LogP contribution is 2.30. The highest BCUT2D eigenvalue weighted by Gasteiger charge is 2.38. The van der Waals surface area contributed by atoms with Crippen LogP contribution in [0, 0.1) is 13.8 Å². The maximum absolute atomic E-state index is 12.5. The van der Waals surface area contributed by atoms with Gasteiger partial charge < -0.3 is 9.13 Å². The number of carbonyl (C=O) groups excluding carboxylic acids is 1. The minimum Gasteiger partial charge on any atom is -0.329 e. The van der Waals surface area contributed by atoms with Crippen molar-refractivity contribution in [2.24, 2.45) is 12.0 Å². The van der Waals surface area contributed by atoms with Gasteiger partial charge >= 0.3 is 0 Å². The van der Waals surface area contributed by atoms with Gasteiger partial charge in [-0.25, -0.2) is 9.97 Å². The Morgan fingerprint density at radius 2 is 1.74 bits per heavy atom. The predicted molar refractivity (Wildman–Crippen MR) is 68.8 cm³/mol. The van der Waals surface area contributed by atoms with E-state index in [0.717, 1.165) is 41.8 Å². The molecule has 0 N–H and O–H groups in total. The minimum atomic E-state index is -0.0867. The fourth-order valence-electron chi connectivity index (χ4n) is 2.91. The molecule has 6 heteroatoms. The van der Waals surface area contributed by atoms with E-state index < -0.39 is 0 Å². The van der Waals surface area contributed by atoms with Crippen LogP contribution in [0.2, 0.25) is 0 Å². The Balaban J connectivity index is 2.13. The van der Waals surface area contributed by atoms with Gasteiger partial charge in [0.2, 0.25) is 5.78 Å². The molecule has 96 valence electrons. The molecule has 1 aliphatic heterocycles. The van der Waals surface area contributed by atoms with Crippen molar-refractivity contribution in [3.8, 4) is 0 Å². The number of hydrogen-bond acceptors (Lipinski definition) is 4. The summed E-state index contributed by atoms with van der Waals surface area (Å²) in [6.07, 6.45) is 0. The van der Waals surface area contributed by atoms with Gasteiger partial charge in [-0.15, -0.1) is 0 Å². The Bertz CT molecular complexity index is 778. The Hall–Kier alpha value is -2.24. The summed E-state index contributed by atoms with van der Waals surface area (Å²) in [5.74, 6) is 1.60. The minimum absolute atomic E-state index is 0.0867. The number of ketones is 1. The molecule has 6 nitrogen and oxygen atoms in total. The summed E-state index contributed by atoms with van der Waals surface area (Å²) < 4.78 is 4.02. The molecule has 0 saturated carbocycles. The van der Waals surface area contributed by atoms with Gasteiger partial charge in [-0.1, -0.05) is 0 Å². The molecule has 19 heavy (non-hydrogen) atoms. The normalized spacial score (nSPS) is 16.2. The predicted octanol–water partition coefficient (Wildman–Crippen LogP) is 0.629. The zero-order valence-corrected chi connectivity index (χ0v) is 11.1. The van der Waals surface area contributed by atoms with Crippen molar-refractivity contribution in [2.45, 2.75) is 20.4 Å². The number of nitrogens with zero attached hydrogens (tertiary/aromatic N) is 5. The highest BCUT2D eigenvalue weighted by atomic mass is 16.1. The number of aryl methyl sites for hydroxylation is 2. The second-order valence-corrected chi connectivity index (χ2v) is 4.98. The molecule has 2 aliphatic rings. The van der Waals surface area contributed by atoms with Crippen molar-refractivity contribution in [2.75, 3.05) is 6.54 Å². The van der Waals surface area contributed by atoms with Crippen molar-refractivity contribution in [3.63, 3.8) is 0 Å². The van der Waals surface area contributed by atoms with E-state index in [9.17, 15) is 4.79 Å². The molecular weight excluding hydrogens is 242 g/mol. The number of aromatic nitrogens is 4. The Kier molecular flexibility index (Phi) is 1.80. The quantitative estimate of drug-likeness (QED) is 0.591. The number of aliphatic imine (C=N–C) groups is 1. The maximum atomic E-state index is 12.5. The van der Waals surface area contributed by atoms with E-state index in [0.29, 0.717) is 11.4 Å². The molecule has 0 amide bonds. The van der Waals surface area contributed by atoms with Crippen LogP contribution in [0.3, 0.4) is 0 Å². The number of imidazole rings is 2. The Labute approximate surface area is 109 Å². The van der Waals surface area contributed by atoms with Crippen molar-refractivity contribution in [3.05, 3.63) is 34.4 Å². The zero-order chi connectivity index (χ0) is 13.3. The van der Waals surface area contributed by atoms with Gasteiger partial charge in [-0.2, -0.15) is 0 Å². The second-order valence-electron chi connectivity index (χ2n) is 4.98. The lowest BCUT2D eigenvalue weighted by Gasteiger charge is -2.21. The van der Waals surface area contributed by atoms with Crippen LogP contribution < -0.4 is 0 Å². The molecule has 4 rings (SSSR count). The first-order valence-corrected chi connectivity index (χ1v) is 6.30. The van der Waals surface area contributed by atoms with Crippen molar-refractivity contribution >= 4 is 11.5 Å². The van der Waals surface area contributed by atoms with Gasteiger partial charge in [-0.3, -0.25) is 9.79 Å². The maximum Gasteiger partial charge on any atom is 0.234 e. The fourth-order valence-corrected chi connectivity index (χ4v) is 2.91. The van der Waals surface area contributed by atoms with E-state index in [4.69, 9.17) is 0 Å². The molecule has 0 bridgehead atoms. The summed E-state index contributed by atoms with van der Waals surface area (Å²) >= 11 is 0. The molecule has 0 radical (unpaired) electrons. The lowest BCUT2D eigenvalue weighted by atomic mass is 9.97. The van der Waals surface area contributed by atoms with Crippen LogP contribution in [0.15, 0.2) is 4.99 Å². The van der Waals surface area contributed by atoms with Crippen LogP contribution in [0.5, 0.6) is 0 Å². The zero-order valence-electron chi connectivity index (χ0n) is 11.1. The standard InChI is InChI=1S/C13H13N5O/c1-6-15-9-11(17(6)3)8-12-10(13(9)19)16-7(2)18(12)5-4-14-8/h4-5H2,1-3H3. The highest BCUT2D eigenvalue weighted by molar-refractivity contribution is 6.27. The van der Waals surface area contributed by atoms with Gasteiger partial charge in [0, 0.05) is 13.6 Å². The largest absolute Gasteiger partial charge is 0.329 e. The van der Waals surface area contributed by atoms with Crippen LogP contribution in [0.4, 0.5) is 0 Å². The van der Waals surface area contributed by atoms with E-state index in [-0.39, 0.29) is 5.78 Å². The van der Waals surface area contributed by atoms with Gasteiger partial charge in [0.25, 0.3) is 0 Å². The molecule has 3 heterocycles. The molecule has 1 aliphatic carbocycles. The summed E-state index contributed by atoms with van der Waals surface area (Å²) in [5, 5.41) is 0. The summed E-state index contributed by atoms with van der Waals surface area (Å²) in [7, 11) is 1.92. The van der Waals surface area contributed by atoms with Gasteiger partial charge in [0.15, 0.2) is 0 Å². The van der Waals surface area contributed by atoms with Crippen LogP contribution in [0.1, 0.15) is 39.2 Å². The molecule has 0 aromatic carbocycles. The van der Waals surface area contributed by atoms with Gasteiger partial charge in [-0.05, 0) is 13.8 Å². The first-order chi connectivity index (χ1) is 9.09. The average Bonchev–Trinajstić information content (AvgIpc) is 2.88. The summed E-state index contributed by atoms with van der Waals surface area (Å²) in [6, 6.07) is 0. The van der Waals surface area contributed by atoms with E-state index in [1.54, 1.807) is 0 Å². The topological polar surface area (TPSA) is 65.1 Å². The lowest BCUT2D eigenvalue weighted by Crippen LogP contribution is -2.29. The van der Waals surface area contributed by atoms with Crippen LogP contribution in [-0.2, 0) is 13.6 Å². The summed E-state index contributed by atoms with van der Waals surface area (Å²) in [5.41, 5.74) is 3.54. The molecule has 0 spiro atoms. The average molecular weight is 255 g/mol. The Morgan fingerprint density at radius 1 is 1.05 bits per heavy atom. The number of rotatable bonds is 0. The molecule has 0 saturated heterocycles. The molecule has 2 aromatic heterocycles. The van der Waals surface area contributed by atoms with Crippen molar-refractivity contribution in [1.29, 1.82) is 0 Å². The molecule has 2 aromatic rings. The van der Waals surface area contributed by atoms with Gasteiger partial charge in [0.1, 0.15) is 34.4 Å². The molecule has 0 fully saturated rings. The molecule has 0 atom stereocenters. The first kappa shape index (κ1) is 10.7. The Morgan fingerprint density at radius 3 is 2.53 bits per heavy atom. The van der Waals surface area contributed by atoms with E-state index >= 15 is 0 Å². The number of carbonyl (C=O) groups is 1. The number of hydrogen-bond donors (Lipinski definition) is 0. The summed E-state index contributed by atoms with van der Waals surface area (Å²) in [4.78, 5) is 25.9. The third-order valence-electron chi connectivity index (χ3n) is 3.95. The van der Waals surface area contributed by atoms with Crippen LogP contribution >= 0.6 is 0 Å². The third kappa shape index (κ3) is 1.11. The molecular formula is C13H13N5O. The third-order valence-corrected chi connectivity index (χ3v) is 3.95. The smallest absolute Gasteiger partial charge is 0.234 e. The first-order valence-electron chi connectivity index (χ1n) is 6.30. The second kappa shape index (κ2) is 3.20. The molecule has 0 unspecified atom stereocenters. The fraction of sp³-hybridized carbons (Fsp3) is 0.385. The van der Waals surface area contributed by atoms with E-state index in [2.05, 4.69) is 19.5 Å². The van der Waals surface area contributed by atoms with Gasteiger partial charge in [0.05, 0.1) is 12.2 Å². The SMILES string of the molecule is Cc1nc2c(n1C)C1=NCCn3c(C)nc(c31)C2=O.